The van der Waals surface area contributed by atoms with Crippen LogP contribution in [-0.4, -0.2) is 21.5 Å². The van der Waals surface area contributed by atoms with Gasteiger partial charge in [-0.2, -0.15) is 5.10 Å². The van der Waals surface area contributed by atoms with Crippen molar-refractivity contribution in [1.29, 1.82) is 0 Å². The van der Waals surface area contributed by atoms with Gasteiger partial charge >= 0.3 is 0 Å². The van der Waals surface area contributed by atoms with E-state index >= 15 is 0 Å². The summed E-state index contributed by atoms with van der Waals surface area (Å²) < 4.78 is 2.99. The van der Waals surface area contributed by atoms with E-state index in [1.54, 1.807) is 0 Å². The molecule has 1 heterocycles. The maximum atomic E-state index is 8.77. The maximum Gasteiger partial charge on any atom is 0.0703 e. The Morgan fingerprint density at radius 1 is 1.38 bits per heavy atom. The van der Waals surface area contributed by atoms with Crippen LogP contribution in [0.25, 0.3) is 10.9 Å². The molecule has 0 spiro atoms. The number of fused-ring (bicyclic) bond motifs is 1. The largest absolute Gasteiger partial charge is 0.396 e. The fourth-order valence-electron chi connectivity index (χ4n) is 1.89. The van der Waals surface area contributed by atoms with Gasteiger partial charge in [-0.25, -0.2) is 0 Å². The van der Waals surface area contributed by atoms with Crippen LogP contribution in [0.5, 0.6) is 0 Å². The Bertz CT molecular complexity index is 493. The highest BCUT2D eigenvalue weighted by Crippen LogP contribution is 2.23. The molecule has 16 heavy (non-hydrogen) atoms. The quantitative estimate of drug-likeness (QED) is 0.876. The Kier molecular flexibility index (Phi) is 3.61. The first-order valence-electron chi connectivity index (χ1n) is 5.44. The molecular formula is C12H15BrN2O. The number of benzene rings is 1. The molecule has 0 amide bonds. The Labute approximate surface area is 103 Å². The van der Waals surface area contributed by atoms with E-state index in [-0.39, 0.29) is 6.61 Å². The minimum atomic E-state index is 0.260. The van der Waals surface area contributed by atoms with Crippen LogP contribution in [0, 0.1) is 0 Å². The molecular weight excluding hydrogens is 268 g/mol. The van der Waals surface area contributed by atoms with Crippen molar-refractivity contribution in [3.63, 3.8) is 0 Å². The number of halogens is 1. The predicted molar refractivity (Wildman–Crippen MR) is 68.4 cm³/mol. The van der Waals surface area contributed by atoms with Crippen molar-refractivity contribution in [1.82, 2.24) is 9.78 Å². The molecule has 0 fully saturated rings. The number of aromatic nitrogens is 2. The third kappa shape index (κ3) is 2.28. The van der Waals surface area contributed by atoms with E-state index in [2.05, 4.69) is 33.2 Å². The fourth-order valence-corrected chi connectivity index (χ4v) is 2.24. The molecule has 0 unspecified atom stereocenters. The Morgan fingerprint density at radius 2 is 2.19 bits per heavy atom. The summed E-state index contributed by atoms with van der Waals surface area (Å²) in [6.45, 7) is 0.260. The summed E-state index contributed by atoms with van der Waals surface area (Å²) in [5.41, 5.74) is 2.27. The first-order chi connectivity index (χ1) is 7.72. The molecule has 3 nitrogen and oxygen atoms in total. The first-order valence-corrected chi connectivity index (χ1v) is 6.23. The van der Waals surface area contributed by atoms with Gasteiger partial charge in [0.2, 0.25) is 0 Å². The molecule has 0 saturated heterocycles. The second kappa shape index (κ2) is 4.97. The zero-order valence-corrected chi connectivity index (χ0v) is 10.9. The highest BCUT2D eigenvalue weighted by Gasteiger charge is 2.08. The Morgan fingerprint density at radius 3 is 2.94 bits per heavy atom. The Hall–Kier alpha value is -0.870. The molecule has 0 radical (unpaired) electrons. The van der Waals surface area contributed by atoms with Gasteiger partial charge in [0, 0.05) is 23.5 Å². The van der Waals surface area contributed by atoms with Crippen LogP contribution in [0.4, 0.5) is 0 Å². The van der Waals surface area contributed by atoms with Crippen LogP contribution in [-0.2, 0) is 13.5 Å². The molecule has 0 bridgehead atoms. The lowest BCUT2D eigenvalue weighted by Crippen LogP contribution is -1.93. The molecule has 1 N–H and O–H groups in total. The first kappa shape index (κ1) is 11.6. The molecule has 0 aliphatic rings. The van der Waals surface area contributed by atoms with Gasteiger partial charge in [0.05, 0.1) is 11.2 Å². The second-order valence-electron chi connectivity index (χ2n) is 3.91. The molecule has 2 rings (SSSR count). The summed E-state index contributed by atoms with van der Waals surface area (Å²) in [7, 11) is 1.96. The van der Waals surface area contributed by atoms with Crippen LogP contribution in [0.15, 0.2) is 22.7 Å². The fraction of sp³-hybridized carbons (Fsp3) is 0.417. The maximum absolute atomic E-state index is 8.77. The van der Waals surface area contributed by atoms with E-state index in [9.17, 15) is 0 Å². The van der Waals surface area contributed by atoms with Crippen LogP contribution in [0.1, 0.15) is 18.5 Å². The summed E-state index contributed by atoms with van der Waals surface area (Å²) in [5.74, 6) is 0. The van der Waals surface area contributed by atoms with Gasteiger partial charge in [-0.1, -0.05) is 15.9 Å². The van der Waals surface area contributed by atoms with E-state index in [1.165, 1.54) is 5.39 Å². The van der Waals surface area contributed by atoms with Gasteiger partial charge in [0.15, 0.2) is 0 Å². The minimum absolute atomic E-state index is 0.260. The van der Waals surface area contributed by atoms with Gasteiger partial charge in [-0.05, 0) is 37.5 Å². The number of unbranched alkanes of at least 4 members (excludes halogenated alkanes) is 1. The van der Waals surface area contributed by atoms with E-state index < -0.39 is 0 Å². The monoisotopic (exact) mass is 282 g/mol. The number of aryl methyl sites for hydroxylation is 2. The van der Waals surface area contributed by atoms with Crippen molar-refractivity contribution in [2.24, 2.45) is 7.05 Å². The lowest BCUT2D eigenvalue weighted by atomic mass is 10.1. The van der Waals surface area contributed by atoms with E-state index in [0.29, 0.717) is 0 Å². The molecule has 0 aliphatic heterocycles. The number of rotatable bonds is 4. The lowest BCUT2D eigenvalue weighted by Gasteiger charge is -1.96. The number of hydrogen-bond donors (Lipinski definition) is 1. The minimum Gasteiger partial charge on any atom is -0.396 e. The second-order valence-corrected chi connectivity index (χ2v) is 4.83. The highest BCUT2D eigenvalue weighted by atomic mass is 79.9. The van der Waals surface area contributed by atoms with Gasteiger partial charge in [-0.3, -0.25) is 4.68 Å². The molecule has 0 atom stereocenters. The molecule has 4 heteroatoms. The number of aliphatic hydroxyl groups is 1. The highest BCUT2D eigenvalue weighted by molar-refractivity contribution is 9.10. The van der Waals surface area contributed by atoms with Crippen molar-refractivity contribution >= 4 is 26.8 Å². The molecule has 0 saturated carbocycles. The Balaban J connectivity index is 2.32. The molecule has 1 aromatic carbocycles. The van der Waals surface area contributed by atoms with E-state index in [1.807, 2.05) is 17.8 Å². The summed E-state index contributed by atoms with van der Waals surface area (Å²) in [6.07, 6.45) is 2.76. The third-order valence-corrected chi connectivity index (χ3v) is 3.20. The zero-order valence-electron chi connectivity index (χ0n) is 9.28. The number of aliphatic hydroxyl groups excluding tert-OH is 1. The van der Waals surface area contributed by atoms with Crippen LogP contribution in [0.2, 0.25) is 0 Å². The molecule has 2 aromatic rings. The van der Waals surface area contributed by atoms with Crippen molar-refractivity contribution in [2.45, 2.75) is 19.3 Å². The summed E-state index contributed by atoms with van der Waals surface area (Å²) in [5, 5.41) is 14.5. The van der Waals surface area contributed by atoms with E-state index in [4.69, 9.17) is 5.11 Å². The zero-order chi connectivity index (χ0) is 11.5. The van der Waals surface area contributed by atoms with Gasteiger partial charge < -0.3 is 5.11 Å². The topological polar surface area (TPSA) is 38.0 Å². The van der Waals surface area contributed by atoms with Crippen LogP contribution >= 0.6 is 15.9 Å². The van der Waals surface area contributed by atoms with Crippen LogP contribution in [0.3, 0.4) is 0 Å². The van der Waals surface area contributed by atoms with Crippen LogP contribution < -0.4 is 0 Å². The number of nitrogens with zero attached hydrogens (tertiary/aromatic N) is 2. The molecule has 0 aliphatic carbocycles. The van der Waals surface area contributed by atoms with Gasteiger partial charge in [0.1, 0.15) is 0 Å². The summed E-state index contributed by atoms with van der Waals surface area (Å²) >= 11 is 3.47. The molecule has 1 aromatic heterocycles. The van der Waals surface area contributed by atoms with E-state index in [0.717, 1.165) is 34.9 Å². The lowest BCUT2D eigenvalue weighted by molar-refractivity contribution is 0.284. The molecule has 86 valence electrons. The average molecular weight is 283 g/mol. The van der Waals surface area contributed by atoms with Gasteiger partial charge in [0.25, 0.3) is 0 Å². The average Bonchev–Trinajstić information content (AvgIpc) is 2.56. The van der Waals surface area contributed by atoms with Crippen molar-refractivity contribution in [3.8, 4) is 0 Å². The van der Waals surface area contributed by atoms with Crippen molar-refractivity contribution < 1.29 is 5.11 Å². The standard InChI is InChI=1S/C12H15BrN2O/c1-15-12-8-9(13)5-6-10(12)11(14-15)4-2-3-7-16/h5-6,8,16H,2-4,7H2,1H3. The summed E-state index contributed by atoms with van der Waals surface area (Å²) in [6, 6.07) is 6.22. The van der Waals surface area contributed by atoms with Gasteiger partial charge in [-0.15, -0.1) is 0 Å². The smallest absolute Gasteiger partial charge is 0.0703 e. The normalized spacial score (nSPS) is 11.2. The third-order valence-electron chi connectivity index (χ3n) is 2.71. The van der Waals surface area contributed by atoms with Crippen molar-refractivity contribution in [3.05, 3.63) is 28.4 Å². The predicted octanol–water partition coefficient (Wildman–Crippen LogP) is 2.65. The van der Waals surface area contributed by atoms with Crippen molar-refractivity contribution in [2.75, 3.05) is 6.61 Å². The number of hydrogen-bond acceptors (Lipinski definition) is 2. The summed E-state index contributed by atoms with van der Waals surface area (Å²) in [4.78, 5) is 0. The SMILES string of the molecule is Cn1nc(CCCCO)c2ccc(Br)cc21.